The van der Waals surface area contributed by atoms with Gasteiger partial charge < -0.3 is 10.5 Å². The molecule has 0 atom stereocenters. The molecule has 0 saturated heterocycles. The van der Waals surface area contributed by atoms with E-state index in [4.69, 9.17) is 10.5 Å². The molecule has 0 fully saturated rings. The standard InChI is InChI=1S/C19H17NO2/c1-22-19-11-18(20)16(10-17(19)12-21)9-13-6-7-14-4-2-3-5-15(14)8-13/h2-8,10-12H,9,20H2,1H3. The van der Waals surface area contributed by atoms with Crippen LogP contribution < -0.4 is 10.5 Å². The van der Waals surface area contributed by atoms with Crippen LogP contribution in [0.5, 0.6) is 5.75 Å². The number of fused-ring (bicyclic) bond motifs is 1. The summed E-state index contributed by atoms with van der Waals surface area (Å²) < 4.78 is 5.17. The van der Waals surface area contributed by atoms with Gasteiger partial charge in [-0.3, -0.25) is 4.79 Å². The number of benzene rings is 3. The molecule has 0 saturated carbocycles. The zero-order valence-electron chi connectivity index (χ0n) is 12.4. The van der Waals surface area contributed by atoms with Gasteiger partial charge in [-0.2, -0.15) is 0 Å². The molecule has 0 amide bonds. The van der Waals surface area contributed by atoms with Crippen molar-refractivity contribution in [3.05, 3.63) is 71.3 Å². The van der Waals surface area contributed by atoms with Crippen molar-refractivity contribution >= 4 is 22.7 Å². The third-order valence-electron chi connectivity index (χ3n) is 3.83. The van der Waals surface area contributed by atoms with Crippen LogP contribution in [-0.2, 0) is 6.42 Å². The normalized spacial score (nSPS) is 10.6. The van der Waals surface area contributed by atoms with Crippen LogP contribution >= 0.6 is 0 Å². The monoisotopic (exact) mass is 291 g/mol. The van der Waals surface area contributed by atoms with Crippen LogP contribution in [-0.4, -0.2) is 13.4 Å². The third-order valence-corrected chi connectivity index (χ3v) is 3.83. The van der Waals surface area contributed by atoms with Gasteiger partial charge in [-0.1, -0.05) is 42.5 Å². The molecule has 0 aliphatic heterocycles. The fourth-order valence-corrected chi connectivity index (χ4v) is 2.65. The molecule has 3 nitrogen and oxygen atoms in total. The number of ether oxygens (including phenoxy) is 1. The molecule has 110 valence electrons. The van der Waals surface area contributed by atoms with Crippen molar-refractivity contribution in [2.45, 2.75) is 6.42 Å². The molecular weight excluding hydrogens is 274 g/mol. The number of hydrogen-bond acceptors (Lipinski definition) is 3. The zero-order valence-corrected chi connectivity index (χ0v) is 12.4. The number of hydrogen-bond donors (Lipinski definition) is 1. The Morgan fingerprint density at radius 2 is 1.82 bits per heavy atom. The van der Waals surface area contributed by atoms with Gasteiger partial charge >= 0.3 is 0 Å². The maximum Gasteiger partial charge on any atom is 0.153 e. The Morgan fingerprint density at radius 3 is 2.55 bits per heavy atom. The fraction of sp³-hybridized carbons (Fsp3) is 0.105. The summed E-state index contributed by atoms with van der Waals surface area (Å²) in [4.78, 5) is 11.2. The van der Waals surface area contributed by atoms with Gasteiger partial charge in [0.25, 0.3) is 0 Å². The fourth-order valence-electron chi connectivity index (χ4n) is 2.65. The number of methoxy groups -OCH3 is 1. The van der Waals surface area contributed by atoms with E-state index in [9.17, 15) is 4.79 Å². The second-order valence-corrected chi connectivity index (χ2v) is 5.27. The topological polar surface area (TPSA) is 52.3 Å². The number of nitrogens with two attached hydrogens (primary N) is 1. The number of anilines is 1. The van der Waals surface area contributed by atoms with Gasteiger partial charge in [0.2, 0.25) is 0 Å². The van der Waals surface area contributed by atoms with Gasteiger partial charge in [0.05, 0.1) is 12.7 Å². The predicted molar refractivity (Wildman–Crippen MR) is 89.5 cm³/mol. The van der Waals surface area contributed by atoms with Gasteiger partial charge in [-0.25, -0.2) is 0 Å². The number of carbonyl (C=O) groups is 1. The molecule has 0 aromatic heterocycles. The lowest BCUT2D eigenvalue weighted by molar-refractivity contribution is 0.112. The first-order valence-corrected chi connectivity index (χ1v) is 7.10. The van der Waals surface area contributed by atoms with Crippen LogP contribution in [0.25, 0.3) is 10.8 Å². The largest absolute Gasteiger partial charge is 0.496 e. The summed E-state index contributed by atoms with van der Waals surface area (Å²) in [5.74, 6) is 0.509. The van der Waals surface area contributed by atoms with Gasteiger partial charge in [0, 0.05) is 11.8 Å². The number of carbonyl (C=O) groups excluding carboxylic acids is 1. The average molecular weight is 291 g/mol. The number of nitrogen functional groups attached to an aromatic ring is 1. The Balaban J connectivity index is 1.99. The van der Waals surface area contributed by atoms with Crippen molar-refractivity contribution in [2.75, 3.05) is 12.8 Å². The van der Waals surface area contributed by atoms with Gasteiger partial charge in [-0.15, -0.1) is 0 Å². The first-order valence-electron chi connectivity index (χ1n) is 7.10. The Kier molecular flexibility index (Phi) is 3.79. The quantitative estimate of drug-likeness (QED) is 0.587. The van der Waals surface area contributed by atoms with E-state index in [1.165, 1.54) is 17.9 Å². The van der Waals surface area contributed by atoms with Crippen molar-refractivity contribution in [2.24, 2.45) is 0 Å². The Bertz CT molecular complexity index is 840. The SMILES string of the molecule is COc1cc(N)c(Cc2ccc3ccccc3c2)cc1C=O. The number of aldehydes is 1. The first kappa shape index (κ1) is 14.1. The van der Waals surface area contributed by atoms with E-state index in [0.717, 1.165) is 17.4 Å². The molecular formula is C19H17NO2. The minimum absolute atomic E-state index is 0.509. The highest BCUT2D eigenvalue weighted by Crippen LogP contribution is 2.27. The lowest BCUT2D eigenvalue weighted by Gasteiger charge is -2.11. The molecule has 0 aliphatic carbocycles. The molecule has 0 spiro atoms. The van der Waals surface area contributed by atoms with Crippen molar-refractivity contribution in [3.8, 4) is 5.75 Å². The number of rotatable bonds is 4. The molecule has 3 aromatic rings. The lowest BCUT2D eigenvalue weighted by Crippen LogP contribution is -2.00. The summed E-state index contributed by atoms with van der Waals surface area (Å²) >= 11 is 0. The smallest absolute Gasteiger partial charge is 0.153 e. The average Bonchev–Trinajstić information content (AvgIpc) is 2.56. The summed E-state index contributed by atoms with van der Waals surface area (Å²) in [5, 5.41) is 2.41. The predicted octanol–water partition coefficient (Wildman–Crippen LogP) is 3.83. The van der Waals surface area contributed by atoms with Crippen molar-refractivity contribution in [1.82, 2.24) is 0 Å². The Morgan fingerprint density at radius 1 is 1.05 bits per heavy atom. The molecule has 0 heterocycles. The second kappa shape index (κ2) is 5.90. The van der Waals surface area contributed by atoms with Crippen LogP contribution in [0.15, 0.2) is 54.6 Å². The van der Waals surface area contributed by atoms with Gasteiger partial charge in [0.15, 0.2) is 6.29 Å². The highest BCUT2D eigenvalue weighted by atomic mass is 16.5. The zero-order chi connectivity index (χ0) is 15.5. The van der Waals surface area contributed by atoms with Crippen LogP contribution in [0.1, 0.15) is 21.5 Å². The highest BCUT2D eigenvalue weighted by Gasteiger charge is 2.09. The summed E-state index contributed by atoms with van der Waals surface area (Å²) in [6.07, 6.45) is 1.48. The second-order valence-electron chi connectivity index (χ2n) is 5.27. The van der Waals surface area contributed by atoms with E-state index in [-0.39, 0.29) is 0 Å². The summed E-state index contributed by atoms with van der Waals surface area (Å²) in [6.45, 7) is 0. The third kappa shape index (κ3) is 2.66. The van der Waals surface area contributed by atoms with E-state index >= 15 is 0 Å². The molecule has 3 aromatic carbocycles. The summed E-state index contributed by atoms with van der Waals surface area (Å²) in [5.41, 5.74) is 9.33. The molecule has 3 rings (SSSR count). The van der Waals surface area contributed by atoms with Crippen molar-refractivity contribution in [3.63, 3.8) is 0 Å². The van der Waals surface area contributed by atoms with Gasteiger partial charge in [-0.05, 0) is 34.4 Å². The molecule has 22 heavy (non-hydrogen) atoms. The highest BCUT2D eigenvalue weighted by molar-refractivity contribution is 5.84. The minimum atomic E-state index is 0.509. The lowest BCUT2D eigenvalue weighted by atomic mass is 9.98. The van der Waals surface area contributed by atoms with E-state index in [2.05, 4.69) is 30.3 Å². The van der Waals surface area contributed by atoms with Gasteiger partial charge in [0.1, 0.15) is 5.75 Å². The molecule has 0 radical (unpaired) electrons. The molecule has 2 N–H and O–H groups in total. The van der Waals surface area contributed by atoms with Crippen molar-refractivity contribution < 1.29 is 9.53 Å². The van der Waals surface area contributed by atoms with E-state index < -0.39 is 0 Å². The van der Waals surface area contributed by atoms with Crippen LogP contribution in [0, 0.1) is 0 Å². The molecule has 0 aliphatic rings. The van der Waals surface area contributed by atoms with Crippen molar-refractivity contribution in [1.29, 1.82) is 0 Å². The minimum Gasteiger partial charge on any atom is -0.496 e. The Hall–Kier alpha value is -2.81. The summed E-state index contributed by atoms with van der Waals surface area (Å²) in [6, 6.07) is 18.1. The molecule has 0 unspecified atom stereocenters. The molecule has 0 bridgehead atoms. The van der Waals surface area contributed by atoms with Crippen LogP contribution in [0.4, 0.5) is 5.69 Å². The molecule has 3 heteroatoms. The van der Waals surface area contributed by atoms with E-state index in [1.54, 1.807) is 12.1 Å². The maximum atomic E-state index is 11.2. The van der Waals surface area contributed by atoms with E-state index in [0.29, 0.717) is 23.4 Å². The summed E-state index contributed by atoms with van der Waals surface area (Å²) in [7, 11) is 1.53. The first-order chi connectivity index (χ1) is 10.7. The maximum absolute atomic E-state index is 11.2. The van der Waals surface area contributed by atoms with Crippen LogP contribution in [0.2, 0.25) is 0 Å². The Labute approximate surface area is 129 Å². The van der Waals surface area contributed by atoms with E-state index in [1.807, 2.05) is 12.1 Å². The van der Waals surface area contributed by atoms with Crippen LogP contribution in [0.3, 0.4) is 0 Å².